The number of anilines is 1. The number of piperazine rings is 1. The fourth-order valence-corrected chi connectivity index (χ4v) is 3.81. The number of carbonyl (C=O) groups is 1. The van der Waals surface area contributed by atoms with Crippen LogP contribution >= 0.6 is 11.6 Å². The summed E-state index contributed by atoms with van der Waals surface area (Å²) >= 11 is 6.31. The van der Waals surface area contributed by atoms with Crippen LogP contribution in [0.25, 0.3) is 11.1 Å². The maximum absolute atomic E-state index is 12.6. The maximum Gasteiger partial charge on any atom is 0.254 e. The molecule has 2 aliphatic rings. The van der Waals surface area contributed by atoms with Crippen LogP contribution in [-0.2, 0) is 4.74 Å². The lowest BCUT2D eigenvalue weighted by atomic mass is 10.0. The van der Waals surface area contributed by atoms with Gasteiger partial charge in [-0.3, -0.25) is 4.79 Å². The van der Waals surface area contributed by atoms with Crippen LogP contribution in [0, 0.1) is 0 Å². The van der Waals surface area contributed by atoms with Crippen molar-refractivity contribution >= 4 is 23.3 Å². The van der Waals surface area contributed by atoms with Crippen LogP contribution in [0.4, 0.5) is 5.82 Å². The van der Waals surface area contributed by atoms with E-state index in [0.29, 0.717) is 37.0 Å². The lowest BCUT2D eigenvalue weighted by Crippen LogP contribution is -2.44. The lowest BCUT2D eigenvalue weighted by Gasteiger charge is -2.33. The molecule has 0 spiro atoms. The molecule has 7 heteroatoms. The van der Waals surface area contributed by atoms with Gasteiger partial charge in [-0.25, -0.2) is 4.98 Å². The Bertz CT molecular complexity index is 829. The van der Waals surface area contributed by atoms with E-state index in [4.69, 9.17) is 16.3 Å². The Morgan fingerprint density at radius 3 is 2.32 bits per heavy atom. The van der Waals surface area contributed by atoms with Crippen LogP contribution < -0.4 is 4.90 Å². The highest BCUT2D eigenvalue weighted by Crippen LogP contribution is 2.27. The summed E-state index contributed by atoms with van der Waals surface area (Å²) in [5, 5.41) is 0.486. The summed E-state index contributed by atoms with van der Waals surface area (Å²) in [5.41, 5.74) is 2.74. The van der Waals surface area contributed by atoms with Gasteiger partial charge >= 0.3 is 0 Å². The first-order valence-electron chi connectivity index (χ1n) is 9.69. The number of morpholine rings is 1. The van der Waals surface area contributed by atoms with E-state index >= 15 is 0 Å². The van der Waals surface area contributed by atoms with Gasteiger partial charge in [0.1, 0.15) is 11.0 Å². The smallest absolute Gasteiger partial charge is 0.254 e. The third-order valence-electron chi connectivity index (χ3n) is 5.37. The third-order valence-corrected chi connectivity index (χ3v) is 5.56. The zero-order valence-electron chi connectivity index (χ0n) is 16.1. The van der Waals surface area contributed by atoms with Crippen molar-refractivity contribution < 1.29 is 9.53 Å². The van der Waals surface area contributed by atoms with Gasteiger partial charge in [-0.1, -0.05) is 23.7 Å². The monoisotopic (exact) mass is 400 g/mol. The van der Waals surface area contributed by atoms with Crippen molar-refractivity contribution in [1.82, 2.24) is 14.8 Å². The Labute approximate surface area is 170 Å². The van der Waals surface area contributed by atoms with Crippen molar-refractivity contribution in [1.29, 1.82) is 0 Å². The van der Waals surface area contributed by atoms with Gasteiger partial charge in [-0.15, -0.1) is 0 Å². The molecule has 148 valence electrons. The van der Waals surface area contributed by atoms with Crippen molar-refractivity contribution in [3.63, 3.8) is 0 Å². The highest BCUT2D eigenvalue weighted by Gasteiger charge is 2.19. The van der Waals surface area contributed by atoms with E-state index in [1.807, 2.05) is 35.2 Å². The van der Waals surface area contributed by atoms with Crippen molar-refractivity contribution in [2.75, 3.05) is 64.4 Å². The zero-order valence-corrected chi connectivity index (χ0v) is 16.9. The predicted molar refractivity (Wildman–Crippen MR) is 111 cm³/mol. The molecule has 2 fully saturated rings. The molecule has 2 aromatic rings. The number of amides is 1. The number of ether oxygens (including phenoxy) is 1. The molecule has 0 aliphatic carbocycles. The Kier molecular flexibility index (Phi) is 5.80. The van der Waals surface area contributed by atoms with Crippen LogP contribution in [0.5, 0.6) is 0 Å². The second-order valence-electron chi connectivity index (χ2n) is 7.31. The Morgan fingerprint density at radius 1 is 0.964 bits per heavy atom. The number of aromatic nitrogens is 1. The number of rotatable bonds is 3. The number of nitrogens with zero attached hydrogens (tertiary/aromatic N) is 4. The molecule has 4 rings (SSSR count). The Hall–Kier alpha value is -2.15. The summed E-state index contributed by atoms with van der Waals surface area (Å²) in [5.74, 6) is 0.963. The van der Waals surface area contributed by atoms with Crippen molar-refractivity contribution in [3.05, 3.63) is 47.1 Å². The maximum atomic E-state index is 12.6. The number of hydrogen-bond acceptors (Lipinski definition) is 5. The minimum absolute atomic E-state index is 0.0562. The summed E-state index contributed by atoms with van der Waals surface area (Å²) in [6, 6.07) is 11.7. The van der Waals surface area contributed by atoms with Gasteiger partial charge < -0.3 is 19.4 Å². The number of halogens is 1. The molecule has 6 nitrogen and oxygen atoms in total. The average molecular weight is 401 g/mol. The topological polar surface area (TPSA) is 48.9 Å². The molecule has 1 amide bonds. The van der Waals surface area contributed by atoms with Crippen LogP contribution in [0.1, 0.15) is 10.4 Å². The second-order valence-corrected chi connectivity index (χ2v) is 7.70. The molecule has 0 atom stereocenters. The van der Waals surface area contributed by atoms with Crippen molar-refractivity contribution in [2.24, 2.45) is 0 Å². The summed E-state index contributed by atoms with van der Waals surface area (Å²) < 4.78 is 5.32. The summed E-state index contributed by atoms with van der Waals surface area (Å²) in [4.78, 5) is 23.6. The second kappa shape index (κ2) is 8.47. The van der Waals surface area contributed by atoms with Crippen LogP contribution in [0.15, 0.2) is 36.4 Å². The fourth-order valence-electron chi connectivity index (χ4n) is 3.60. The SMILES string of the molecule is CN1CCN(c2cc(-c3ccc(C(=O)N4CCOCC4)cc3)cc(Cl)n2)CC1. The molecular weight excluding hydrogens is 376 g/mol. The van der Waals surface area contributed by atoms with E-state index in [1.165, 1.54) is 0 Å². The predicted octanol–water partition coefficient (Wildman–Crippen LogP) is 2.63. The van der Waals surface area contributed by atoms with E-state index in [1.54, 1.807) is 0 Å². The quantitative estimate of drug-likeness (QED) is 0.741. The highest BCUT2D eigenvalue weighted by atomic mass is 35.5. The molecule has 1 aromatic heterocycles. The molecule has 0 saturated carbocycles. The minimum Gasteiger partial charge on any atom is -0.378 e. The molecule has 2 aliphatic heterocycles. The van der Waals surface area contributed by atoms with Crippen LogP contribution in [-0.4, -0.2) is 80.2 Å². The molecule has 1 aromatic carbocycles. The van der Waals surface area contributed by atoms with E-state index < -0.39 is 0 Å². The zero-order chi connectivity index (χ0) is 19.5. The lowest BCUT2D eigenvalue weighted by molar-refractivity contribution is 0.0303. The van der Waals surface area contributed by atoms with E-state index in [0.717, 1.165) is 43.1 Å². The van der Waals surface area contributed by atoms with Crippen molar-refractivity contribution in [3.8, 4) is 11.1 Å². The average Bonchev–Trinajstić information content (AvgIpc) is 2.74. The number of benzene rings is 1. The first-order valence-corrected chi connectivity index (χ1v) is 10.1. The molecule has 0 unspecified atom stereocenters. The van der Waals surface area contributed by atoms with Gasteiger partial charge in [0.15, 0.2) is 0 Å². The number of hydrogen-bond donors (Lipinski definition) is 0. The fraction of sp³-hybridized carbons (Fsp3) is 0.429. The Balaban J connectivity index is 1.53. The molecule has 0 bridgehead atoms. The first-order chi connectivity index (χ1) is 13.6. The third kappa shape index (κ3) is 4.29. The number of pyridine rings is 1. The standard InChI is InChI=1S/C21H25ClN4O2/c1-24-6-8-25(9-7-24)20-15-18(14-19(22)23-20)16-2-4-17(5-3-16)21(27)26-10-12-28-13-11-26/h2-5,14-15H,6-13H2,1H3. The molecule has 3 heterocycles. The van der Waals surface area contributed by atoms with Gasteiger partial charge in [0.2, 0.25) is 0 Å². The van der Waals surface area contributed by atoms with Gasteiger partial charge in [-0.2, -0.15) is 0 Å². The molecule has 28 heavy (non-hydrogen) atoms. The van der Waals surface area contributed by atoms with Gasteiger partial charge in [0, 0.05) is 44.8 Å². The van der Waals surface area contributed by atoms with E-state index in [2.05, 4.69) is 27.9 Å². The Morgan fingerprint density at radius 2 is 1.64 bits per heavy atom. The van der Waals surface area contributed by atoms with Gasteiger partial charge in [0.25, 0.3) is 5.91 Å². The number of carbonyl (C=O) groups excluding carboxylic acids is 1. The molecule has 0 N–H and O–H groups in total. The van der Waals surface area contributed by atoms with E-state index in [9.17, 15) is 4.79 Å². The number of likely N-dealkylation sites (N-methyl/N-ethyl adjacent to an activating group) is 1. The summed E-state index contributed by atoms with van der Waals surface area (Å²) in [7, 11) is 2.13. The molecular formula is C21H25ClN4O2. The minimum atomic E-state index is 0.0562. The highest BCUT2D eigenvalue weighted by molar-refractivity contribution is 6.29. The van der Waals surface area contributed by atoms with Gasteiger partial charge in [0.05, 0.1) is 13.2 Å². The van der Waals surface area contributed by atoms with Crippen molar-refractivity contribution in [2.45, 2.75) is 0 Å². The summed E-state index contributed by atoms with van der Waals surface area (Å²) in [6.45, 7) is 6.42. The first kappa shape index (κ1) is 19.2. The van der Waals surface area contributed by atoms with Gasteiger partial charge in [-0.05, 0) is 42.4 Å². The summed E-state index contributed by atoms with van der Waals surface area (Å²) in [6.07, 6.45) is 0. The molecule has 0 radical (unpaired) electrons. The van der Waals surface area contributed by atoms with Crippen LogP contribution in [0.2, 0.25) is 5.15 Å². The van der Waals surface area contributed by atoms with E-state index in [-0.39, 0.29) is 5.91 Å². The normalized spacial score (nSPS) is 18.4. The molecule has 2 saturated heterocycles. The largest absolute Gasteiger partial charge is 0.378 e. The van der Waals surface area contributed by atoms with Crippen LogP contribution in [0.3, 0.4) is 0 Å².